The van der Waals surface area contributed by atoms with Crippen LogP contribution >= 0.6 is 27.5 Å². The highest BCUT2D eigenvalue weighted by Crippen LogP contribution is 2.42. The van der Waals surface area contributed by atoms with Crippen LogP contribution in [-0.2, 0) is 4.74 Å². The molecule has 1 aliphatic carbocycles. The second-order valence-corrected chi connectivity index (χ2v) is 9.60. The summed E-state index contributed by atoms with van der Waals surface area (Å²) in [6.07, 6.45) is 7.99. The van der Waals surface area contributed by atoms with Gasteiger partial charge in [-0.2, -0.15) is 0 Å². The predicted molar refractivity (Wildman–Crippen MR) is 126 cm³/mol. The lowest BCUT2D eigenvalue weighted by atomic mass is 9.82. The largest absolute Gasteiger partial charge is 0.384 e. The third kappa shape index (κ3) is 5.07. The molecule has 2 aromatic heterocycles. The number of halogens is 2. The Labute approximate surface area is 191 Å². The quantitative estimate of drug-likeness (QED) is 0.543. The van der Waals surface area contributed by atoms with Gasteiger partial charge < -0.3 is 21.5 Å². The van der Waals surface area contributed by atoms with Crippen molar-refractivity contribution in [2.24, 2.45) is 11.7 Å². The van der Waals surface area contributed by atoms with Crippen LogP contribution in [0.15, 0.2) is 22.8 Å². The molecule has 3 heterocycles. The van der Waals surface area contributed by atoms with Gasteiger partial charge in [0.1, 0.15) is 11.6 Å². The van der Waals surface area contributed by atoms with Crippen molar-refractivity contribution in [1.29, 1.82) is 0 Å². The lowest BCUT2D eigenvalue weighted by Crippen LogP contribution is -2.26. The molecule has 8 heteroatoms. The molecule has 0 amide bonds. The molecule has 1 saturated carbocycles. The normalized spacial score (nSPS) is 22.8. The molecular formula is C22H29BrClN5O. The minimum Gasteiger partial charge on any atom is -0.384 e. The van der Waals surface area contributed by atoms with Crippen LogP contribution in [0.5, 0.6) is 0 Å². The zero-order valence-corrected chi connectivity index (χ0v) is 19.4. The minimum absolute atomic E-state index is 0.307. The van der Waals surface area contributed by atoms with Gasteiger partial charge in [0.2, 0.25) is 0 Å². The monoisotopic (exact) mass is 493 g/mol. The van der Waals surface area contributed by atoms with Crippen molar-refractivity contribution in [3.8, 4) is 11.3 Å². The maximum atomic E-state index is 6.48. The summed E-state index contributed by atoms with van der Waals surface area (Å²) in [7, 11) is 0. The molecule has 2 aliphatic rings. The van der Waals surface area contributed by atoms with Gasteiger partial charge in [-0.05, 0) is 84.0 Å². The molecule has 0 atom stereocenters. The first-order chi connectivity index (χ1) is 14.5. The van der Waals surface area contributed by atoms with E-state index in [-0.39, 0.29) is 0 Å². The van der Waals surface area contributed by atoms with Gasteiger partial charge in [-0.25, -0.2) is 9.97 Å². The van der Waals surface area contributed by atoms with Crippen LogP contribution in [0.3, 0.4) is 0 Å². The smallest absolute Gasteiger partial charge is 0.127 e. The second kappa shape index (κ2) is 9.81. The Morgan fingerprint density at radius 2 is 1.87 bits per heavy atom. The van der Waals surface area contributed by atoms with Gasteiger partial charge in [0.05, 0.1) is 10.7 Å². The van der Waals surface area contributed by atoms with Crippen LogP contribution in [0.1, 0.15) is 50.0 Å². The minimum atomic E-state index is 0.307. The van der Waals surface area contributed by atoms with Crippen molar-refractivity contribution >= 4 is 39.2 Å². The fourth-order valence-electron chi connectivity index (χ4n) is 4.38. The van der Waals surface area contributed by atoms with Crippen molar-refractivity contribution < 1.29 is 4.74 Å². The highest BCUT2D eigenvalue weighted by Gasteiger charge is 2.25. The molecule has 0 spiro atoms. The van der Waals surface area contributed by atoms with Crippen LogP contribution < -0.4 is 16.8 Å². The number of aromatic nitrogens is 2. The van der Waals surface area contributed by atoms with Gasteiger partial charge in [0, 0.05) is 42.0 Å². The van der Waals surface area contributed by atoms with Crippen LogP contribution in [0.4, 0.5) is 11.6 Å². The van der Waals surface area contributed by atoms with E-state index in [0.29, 0.717) is 28.7 Å². The van der Waals surface area contributed by atoms with E-state index in [1.165, 1.54) is 5.56 Å². The Morgan fingerprint density at radius 3 is 2.60 bits per heavy atom. The van der Waals surface area contributed by atoms with Crippen molar-refractivity contribution in [1.82, 2.24) is 9.97 Å². The zero-order chi connectivity index (χ0) is 21.1. The molecule has 162 valence electrons. The van der Waals surface area contributed by atoms with Gasteiger partial charge in [-0.1, -0.05) is 11.6 Å². The summed E-state index contributed by atoms with van der Waals surface area (Å²) < 4.78 is 6.46. The average molecular weight is 495 g/mol. The van der Waals surface area contributed by atoms with E-state index in [1.54, 1.807) is 12.3 Å². The Balaban J connectivity index is 1.68. The van der Waals surface area contributed by atoms with Crippen LogP contribution in [-0.4, -0.2) is 35.8 Å². The molecule has 2 aromatic rings. The van der Waals surface area contributed by atoms with E-state index >= 15 is 0 Å². The topological polar surface area (TPSA) is 99.1 Å². The second-order valence-electron chi connectivity index (χ2n) is 8.40. The van der Waals surface area contributed by atoms with Crippen molar-refractivity contribution in [3.63, 3.8) is 0 Å². The first kappa shape index (κ1) is 21.8. The molecular weight excluding hydrogens is 466 g/mol. The molecule has 1 aliphatic heterocycles. The molecule has 0 unspecified atom stereocenters. The third-order valence-electron chi connectivity index (χ3n) is 6.24. The molecule has 0 aromatic carbocycles. The Hall–Kier alpha value is -1.41. The molecule has 1 saturated heterocycles. The Bertz CT molecular complexity index is 882. The number of nitrogen functional groups attached to an aromatic ring is 1. The summed E-state index contributed by atoms with van der Waals surface area (Å²) >= 11 is 10.3. The third-order valence-corrected chi connectivity index (χ3v) is 7.38. The molecule has 0 bridgehead atoms. The fraction of sp³-hybridized carbons (Fsp3) is 0.545. The number of hydrogen-bond acceptors (Lipinski definition) is 6. The number of nitrogens with one attached hydrogen (secondary N) is 1. The standard InChI is InChI=1S/C22H29BrClN5O/c23-21-16(14-1-3-15(25)4-2-14)10-20(28-11-13-5-7-30-8-6-13)29-22(21)17-9-19(26)27-12-18(17)24/h9-10,12-15H,1-8,11,25H2,(H2,26,27)(H,28,29). The lowest BCUT2D eigenvalue weighted by molar-refractivity contribution is 0.0699. The van der Waals surface area contributed by atoms with Gasteiger partial charge in [-0.3, -0.25) is 0 Å². The first-order valence-corrected chi connectivity index (χ1v) is 11.9. The van der Waals surface area contributed by atoms with Crippen molar-refractivity contribution in [3.05, 3.63) is 33.4 Å². The molecule has 0 radical (unpaired) electrons. The molecule has 4 rings (SSSR count). The van der Waals surface area contributed by atoms with E-state index in [0.717, 1.165) is 79.8 Å². The van der Waals surface area contributed by atoms with Gasteiger partial charge in [0.15, 0.2) is 0 Å². The summed E-state index contributed by atoms with van der Waals surface area (Å²) in [5, 5.41) is 4.11. The van der Waals surface area contributed by atoms with E-state index in [2.05, 4.69) is 32.3 Å². The number of pyridine rings is 2. The highest BCUT2D eigenvalue weighted by atomic mass is 79.9. The van der Waals surface area contributed by atoms with E-state index in [9.17, 15) is 0 Å². The maximum Gasteiger partial charge on any atom is 0.127 e. The summed E-state index contributed by atoms with van der Waals surface area (Å²) in [6.45, 7) is 2.56. The summed E-state index contributed by atoms with van der Waals surface area (Å²) in [4.78, 5) is 9.01. The number of nitrogens with two attached hydrogens (primary N) is 2. The van der Waals surface area contributed by atoms with Gasteiger partial charge >= 0.3 is 0 Å². The fourth-order valence-corrected chi connectivity index (χ4v) is 5.31. The van der Waals surface area contributed by atoms with Crippen molar-refractivity contribution in [2.75, 3.05) is 30.8 Å². The van der Waals surface area contributed by atoms with Crippen LogP contribution in [0.2, 0.25) is 5.02 Å². The van der Waals surface area contributed by atoms with Crippen LogP contribution in [0, 0.1) is 5.92 Å². The number of rotatable bonds is 5. The molecule has 30 heavy (non-hydrogen) atoms. The predicted octanol–water partition coefficient (Wildman–Crippen LogP) is 4.97. The van der Waals surface area contributed by atoms with Crippen molar-refractivity contribution in [2.45, 2.75) is 50.5 Å². The molecule has 5 N–H and O–H groups in total. The van der Waals surface area contributed by atoms with E-state index < -0.39 is 0 Å². The maximum absolute atomic E-state index is 6.48. The SMILES string of the molecule is Nc1cc(-c2nc(NCC3CCOCC3)cc(C3CCC(N)CC3)c2Br)c(Cl)cn1. The first-order valence-electron chi connectivity index (χ1n) is 10.7. The number of nitrogens with zero attached hydrogens (tertiary/aromatic N) is 2. The zero-order valence-electron chi connectivity index (χ0n) is 17.0. The molecule has 6 nitrogen and oxygen atoms in total. The highest BCUT2D eigenvalue weighted by molar-refractivity contribution is 9.10. The van der Waals surface area contributed by atoms with Gasteiger partial charge in [-0.15, -0.1) is 0 Å². The van der Waals surface area contributed by atoms with Gasteiger partial charge in [0.25, 0.3) is 0 Å². The molecule has 2 fully saturated rings. The summed E-state index contributed by atoms with van der Waals surface area (Å²) in [5.41, 5.74) is 14.9. The number of ether oxygens (including phenoxy) is 1. The number of hydrogen-bond donors (Lipinski definition) is 3. The Morgan fingerprint density at radius 1 is 1.13 bits per heavy atom. The van der Waals surface area contributed by atoms with E-state index in [1.807, 2.05) is 0 Å². The lowest BCUT2D eigenvalue weighted by Gasteiger charge is -2.28. The van der Waals surface area contributed by atoms with Crippen LogP contribution in [0.25, 0.3) is 11.3 Å². The number of anilines is 2. The average Bonchev–Trinajstić information content (AvgIpc) is 2.76. The van der Waals surface area contributed by atoms with E-state index in [4.69, 9.17) is 32.8 Å². The Kier molecular flexibility index (Phi) is 7.13. The summed E-state index contributed by atoms with van der Waals surface area (Å²) in [6, 6.07) is 4.28. The summed E-state index contributed by atoms with van der Waals surface area (Å²) in [5.74, 6) is 2.34.